The zero-order chi connectivity index (χ0) is 12.3. The highest BCUT2D eigenvalue weighted by atomic mass is 35.5. The molecular formula is C12H21Cl2N3OS. The molecule has 1 heterocycles. The molecule has 1 aromatic heterocycles. The van der Waals surface area contributed by atoms with E-state index in [-0.39, 0.29) is 42.7 Å². The van der Waals surface area contributed by atoms with Crippen molar-refractivity contribution >= 4 is 42.1 Å². The molecule has 2 rings (SSSR count). The van der Waals surface area contributed by atoms with Gasteiger partial charge in [0, 0.05) is 11.4 Å². The Labute approximate surface area is 130 Å². The van der Waals surface area contributed by atoms with Crippen LogP contribution in [0.4, 0.5) is 0 Å². The quantitative estimate of drug-likeness (QED) is 0.892. The third-order valence-electron chi connectivity index (χ3n) is 3.25. The lowest BCUT2D eigenvalue weighted by molar-refractivity contribution is -0.125. The summed E-state index contributed by atoms with van der Waals surface area (Å²) in [6, 6.07) is 0.0386. The summed E-state index contributed by atoms with van der Waals surface area (Å²) < 4.78 is 0. The van der Waals surface area contributed by atoms with Crippen LogP contribution in [0.15, 0.2) is 5.38 Å². The van der Waals surface area contributed by atoms with Gasteiger partial charge >= 0.3 is 0 Å². The van der Waals surface area contributed by atoms with Gasteiger partial charge in [-0.25, -0.2) is 4.98 Å². The second kappa shape index (κ2) is 8.74. The van der Waals surface area contributed by atoms with Crippen molar-refractivity contribution in [3.8, 4) is 0 Å². The molecule has 110 valence electrons. The SMILES string of the molecule is CCc1nc(CNC(=O)C2CCCC2N)cs1.Cl.Cl. The van der Waals surface area contributed by atoms with Crippen molar-refractivity contribution < 1.29 is 4.79 Å². The Hall–Kier alpha value is -0.360. The van der Waals surface area contributed by atoms with Crippen LogP contribution in [0, 0.1) is 5.92 Å². The molecule has 1 aliphatic carbocycles. The third-order valence-corrected chi connectivity index (χ3v) is 4.29. The number of nitrogens with one attached hydrogen (secondary N) is 1. The lowest BCUT2D eigenvalue weighted by Crippen LogP contribution is -2.38. The zero-order valence-corrected chi connectivity index (χ0v) is 13.4. The van der Waals surface area contributed by atoms with E-state index < -0.39 is 0 Å². The predicted octanol–water partition coefficient (Wildman–Crippen LogP) is 2.29. The van der Waals surface area contributed by atoms with Gasteiger partial charge in [-0.1, -0.05) is 13.3 Å². The van der Waals surface area contributed by atoms with Gasteiger partial charge in [0.1, 0.15) is 0 Å². The molecule has 0 bridgehead atoms. The lowest BCUT2D eigenvalue weighted by atomic mass is 10.0. The van der Waals surface area contributed by atoms with E-state index in [9.17, 15) is 4.79 Å². The molecule has 0 radical (unpaired) electrons. The average Bonchev–Trinajstić information content (AvgIpc) is 2.94. The summed E-state index contributed by atoms with van der Waals surface area (Å²) in [4.78, 5) is 16.3. The second-order valence-corrected chi connectivity index (χ2v) is 5.45. The molecule has 1 aliphatic rings. The van der Waals surface area contributed by atoms with E-state index in [0.29, 0.717) is 6.54 Å². The number of carbonyl (C=O) groups excluding carboxylic acids is 1. The molecule has 3 N–H and O–H groups in total. The van der Waals surface area contributed by atoms with E-state index in [1.807, 2.05) is 5.38 Å². The Bertz CT molecular complexity index is 400. The van der Waals surface area contributed by atoms with Gasteiger partial charge in [-0.2, -0.15) is 0 Å². The number of carbonyl (C=O) groups is 1. The molecule has 4 nitrogen and oxygen atoms in total. The number of aryl methyl sites for hydroxylation is 1. The smallest absolute Gasteiger partial charge is 0.224 e. The molecule has 0 saturated heterocycles. The number of nitrogens with two attached hydrogens (primary N) is 1. The van der Waals surface area contributed by atoms with Crippen molar-refractivity contribution in [2.45, 2.75) is 45.2 Å². The number of hydrogen-bond donors (Lipinski definition) is 2. The van der Waals surface area contributed by atoms with Crippen molar-refractivity contribution in [3.63, 3.8) is 0 Å². The Balaban J connectivity index is 0.00000162. The van der Waals surface area contributed by atoms with Crippen molar-refractivity contribution in [3.05, 3.63) is 16.1 Å². The van der Waals surface area contributed by atoms with Gasteiger partial charge in [-0.05, 0) is 19.3 Å². The molecule has 7 heteroatoms. The minimum Gasteiger partial charge on any atom is -0.350 e. The number of hydrogen-bond acceptors (Lipinski definition) is 4. The predicted molar refractivity (Wildman–Crippen MR) is 83.2 cm³/mol. The monoisotopic (exact) mass is 325 g/mol. The minimum absolute atomic E-state index is 0. The molecule has 1 amide bonds. The summed E-state index contributed by atoms with van der Waals surface area (Å²) in [5, 5.41) is 6.06. The Morgan fingerprint density at radius 3 is 2.79 bits per heavy atom. The molecular weight excluding hydrogens is 305 g/mol. The average molecular weight is 326 g/mol. The molecule has 1 fully saturated rings. The van der Waals surface area contributed by atoms with Crippen molar-refractivity contribution in [2.75, 3.05) is 0 Å². The standard InChI is InChI=1S/C12H19N3OS.2ClH/c1-2-11-15-8(7-17-11)6-14-12(16)9-4-3-5-10(9)13;;/h7,9-10H,2-6,13H2,1H3,(H,14,16);2*1H. The van der Waals surface area contributed by atoms with Crippen LogP contribution in [-0.2, 0) is 17.8 Å². The highest BCUT2D eigenvalue weighted by Crippen LogP contribution is 2.24. The number of aromatic nitrogens is 1. The Morgan fingerprint density at radius 2 is 2.26 bits per heavy atom. The molecule has 1 aromatic rings. The maximum absolute atomic E-state index is 11.9. The second-order valence-electron chi connectivity index (χ2n) is 4.51. The summed E-state index contributed by atoms with van der Waals surface area (Å²) in [5.74, 6) is 0.0836. The molecule has 0 spiro atoms. The van der Waals surface area contributed by atoms with Gasteiger partial charge in [0.15, 0.2) is 0 Å². The number of halogens is 2. The molecule has 0 aliphatic heterocycles. The number of rotatable bonds is 4. The first kappa shape index (κ1) is 18.6. The number of amides is 1. The summed E-state index contributed by atoms with van der Waals surface area (Å²) >= 11 is 1.65. The fourth-order valence-electron chi connectivity index (χ4n) is 2.22. The Kier molecular flexibility index (Phi) is 8.57. The van der Waals surface area contributed by atoms with Gasteiger partial charge in [0.05, 0.1) is 23.2 Å². The topological polar surface area (TPSA) is 68.0 Å². The van der Waals surface area contributed by atoms with Gasteiger partial charge in [-0.3, -0.25) is 4.79 Å². The van der Waals surface area contributed by atoms with Crippen LogP contribution in [0.3, 0.4) is 0 Å². The van der Waals surface area contributed by atoms with E-state index in [1.165, 1.54) is 0 Å². The van der Waals surface area contributed by atoms with Crippen LogP contribution < -0.4 is 11.1 Å². The van der Waals surface area contributed by atoms with Gasteiger partial charge in [-0.15, -0.1) is 36.2 Å². The van der Waals surface area contributed by atoms with Gasteiger partial charge in [0.2, 0.25) is 5.91 Å². The Morgan fingerprint density at radius 1 is 1.53 bits per heavy atom. The highest BCUT2D eigenvalue weighted by Gasteiger charge is 2.29. The first-order chi connectivity index (χ1) is 8.20. The molecule has 19 heavy (non-hydrogen) atoms. The maximum atomic E-state index is 11.9. The molecule has 2 atom stereocenters. The van der Waals surface area contributed by atoms with E-state index in [1.54, 1.807) is 11.3 Å². The van der Waals surface area contributed by atoms with Crippen molar-refractivity contribution in [1.29, 1.82) is 0 Å². The first-order valence-electron chi connectivity index (χ1n) is 6.17. The minimum atomic E-state index is -0.000665. The highest BCUT2D eigenvalue weighted by molar-refractivity contribution is 7.09. The number of thiazole rings is 1. The van der Waals surface area contributed by atoms with Crippen LogP contribution in [0.2, 0.25) is 0 Å². The molecule has 0 aromatic carbocycles. The normalized spacial score (nSPS) is 21.4. The summed E-state index contributed by atoms with van der Waals surface area (Å²) in [5.41, 5.74) is 6.85. The molecule has 1 saturated carbocycles. The largest absolute Gasteiger partial charge is 0.350 e. The summed E-state index contributed by atoms with van der Waals surface area (Å²) in [6.45, 7) is 2.61. The van der Waals surface area contributed by atoms with Crippen LogP contribution in [0.1, 0.15) is 36.9 Å². The fourth-order valence-corrected chi connectivity index (χ4v) is 2.96. The summed E-state index contributed by atoms with van der Waals surface area (Å²) in [6.07, 6.45) is 3.90. The lowest BCUT2D eigenvalue weighted by Gasteiger charge is -2.14. The molecule has 2 unspecified atom stereocenters. The van der Waals surface area contributed by atoms with Crippen LogP contribution in [0.25, 0.3) is 0 Å². The third kappa shape index (κ3) is 4.91. The van der Waals surface area contributed by atoms with E-state index in [4.69, 9.17) is 5.73 Å². The first-order valence-corrected chi connectivity index (χ1v) is 7.05. The van der Waals surface area contributed by atoms with Gasteiger partial charge < -0.3 is 11.1 Å². The van der Waals surface area contributed by atoms with Crippen LogP contribution >= 0.6 is 36.2 Å². The van der Waals surface area contributed by atoms with Gasteiger partial charge in [0.25, 0.3) is 0 Å². The van der Waals surface area contributed by atoms with E-state index in [2.05, 4.69) is 17.2 Å². The number of nitrogens with zero attached hydrogens (tertiary/aromatic N) is 1. The fraction of sp³-hybridized carbons (Fsp3) is 0.667. The zero-order valence-electron chi connectivity index (χ0n) is 10.9. The maximum Gasteiger partial charge on any atom is 0.224 e. The van der Waals surface area contributed by atoms with Crippen LogP contribution in [-0.4, -0.2) is 16.9 Å². The summed E-state index contributed by atoms with van der Waals surface area (Å²) in [7, 11) is 0. The van der Waals surface area contributed by atoms with Crippen molar-refractivity contribution in [1.82, 2.24) is 10.3 Å². The van der Waals surface area contributed by atoms with Crippen LogP contribution in [0.5, 0.6) is 0 Å². The van der Waals surface area contributed by atoms with E-state index >= 15 is 0 Å². The van der Waals surface area contributed by atoms with Crippen molar-refractivity contribution in [2.24, 2.45) is 11.7 Å². The van der Waals surface area contributed by atoms with E-state index in [0.717, 1.165) is 36.4 Å².